The topological polar surface area (TPSA) is 52.6 Å². The molecule has 0 saturated heterocycles. The molecule has 0 saturated carbocycles. The number of ether oxygens (including phenoxy) is 2. The Morgan fingerprint density at radius 3 is 2.81 bits per heavy atom. The van der Waals surface area contributed by atoms with Crippen LogP contribution >= 0.6 is 0 Å². The van der Waals surface area contributed by atoms with Gasteiger partial charge in [0.1, 0.15) is 11.5 Å². The van der Waals surface area contributed by atoms with Crippen molar-refractivity contribution in [2.45, 2.75) is 11.8 Å². The molecule has 1 unspecified atom stereocenters. The van der Waals surface area contributed by atoms with Crippen molar-refractivity contribution in [2.75, 3.05) is 19.5 Å². The summed E-state index contributed by atoms with van der Waals surface area (Å²) in [6.07, 6.45) is 0. The monoisotopic (exact) mass is 242 g/mol. The number of benzene rings is 1. The normalized spacial score (nSPS) is 11.9. The molecule has 1 aromatic rings. The number of hydrogen-bond donors (Lipinski definition) is 0. The van der Waals surface area contributed by atoms with E-state index in [1.807, 2.05) is 0 Å². The Balaban J connectivity index is 2.69. The minimum Gasteiger partial charge on any atom is -0.497 e. The molecule has 16 heavy (non-hydrogen) atoms. The number of rotatable bonds is 5. The Bertz CT molecular complexity index is 389. The zero-order chi connectivity index (χ0) is 12.0. The number of carbonyl (C=O) groups is 1. The highest BCUT2D eigenvalue weighted by molar-refractivity contribution is 7.85. The molecule has 4 nitrogen and oxygen atoms in total. The molecule has 88 valence electrons. The summed E-state index contributed by atoms with van der Waals surface area (Å²) in [5.41, 5.74) is 0. The standard InChI is InChI=1S/C11H14O4S/c1-3-15-11(12)8-16(13)10-6-4-5-9(7-10)14-2/h4-7H,3,8H2,1-2H3. The largest absolute Gasteiger partial charge is 0.497 e. The SMILES string of the molecule is CCOC(=O)CS(=O)c1cccc(OC)c1. The van der Waals surface area contributed by atoms with Crippen LogP contribution in [0.15, 0.2) is 29.2 Å². The maximum atomic E-state index is 11.8. The molecule has 0 amide bonds. The van der Waals surface area contributed by atoms with Gasteiger partial charge in [0.2, 0.25) is 0 Å². The van der Waals surface area contributed by atoms with Crippen molar-refractivity contribution in [3.8, 4) is 5.75 Å². The molecule has 0 aliphatic carbocycles. The molecular weight excluding hydrogens is 228 g/mol. The number of carbonyl (C=O) groups excluding carboxylic acids is 1. The van der Waals surface area contributed by atoms with E-state index < -0.39 is 16.8 Å². The Kier molecular flexibility index (Phi) is 4.98. The summed E-state index contributed by atoms with van der Waals surface area (Å²) < 4.78 is 21.5. The molecule has 0 heterocycles. The third kappa shape index (κ3) is 3.66. The van der Waals surface area contributed by atoms with Crippen LogP contribution in [0.5, 0.6) is 5.75 Å². The van der Waals surface area contributed by atoms with Crippen LogP contribution in [0.4, 0.5) is 0 Å². The summed E-state index contributed by atoms with van der Waals surface area (Å²) >= 11 is 0. The van der Waals surface area contributed by atoms with Gasteiger partial charge in [-0.1, -0.05) is 6.07 Å². The zero-order valence-electron chi connectivity index (χ0n) is 9.26. The molecule has 0 aliphatic rings. The van der Waals surface area contributed by atoms with Gasteiger partial charge >= 0.3 is 5.97 Å². The molecule has 5 heteroatoms. The quantitative estimate of drug-likeness (QED) is 0.732. The Morgan fingerprint density at radius 2 is 2.19 bits per heavy atom. The van der Waals surface area contributed by atoms with Gasteiger partial charge in [-0.2, -0.15) is 0 Å². The molecule has 0 N–H and O–H groups in total. The lowest BCUT2D eigenvalue weighted by atomic mass is 10.3. The minimum absolute atomic E-state index is 0.124. The van der Waals surface area contributed by atoms with E-state index in [1.54, 1.807) is 31.2 Å². The Morgan fingerprint density at radius 1 is 1.44 bits per heavy atom. The fraction of sp³-hybridized carbons (Fsp3) is 0.364. The van der Waals surface area contributed by atoms with Gasteiger partial charge in [0.15, 0.2) is 0 Å². The van der Waals surface area contributed by atoms with Gasteiger partial charge in [0.05, 0.1) is 24.5 Å². The third-order valence-electron chi connectivity index (χ3n) is 1.86. The van der Waals surface area contributed by atoms with E-state index in [2.05, 4.69) is 0 Å². The Labute approximate surface area is 97.0 Å². The van der Waals surface area contributed by atoms with Gasteiger partial charge in [0, 0.05) is 4.90 Å². The van der Waals surface area contributed by atoms with E-state index in [0.29, 0.717) is 17.3 Å². The summed E-state index contributed by atoms with van der Waals surface area (Å²) in [4.78, 5) is 11.7. The average Bonchev–Trinajstić information content (AvgIpc) is 2.29. The first-order chi connectivity index (χ1) is 7.67. The lowest BCUT2D eigenvalue weighted by molar-refractivity contribution is -0.139. The number of methoxy groups -OCH3 is 1. The van der Waals surface area contributed by atoms with Gasteiger partial charge in [-0.05, 0) is 25.1 Å². The van der Waals surface area contributed by atoms with E-state index in [0.717, 1.165) is 0 Å². The van der Waals surface area contributed by atoms with Crippen LogP contribution in [-0.4, -0.2) is 29.6 Å². The second-order valence-electron chi connectivity index (χ2n) is 2.97. The first kappa shape index (κ1) is 12.7. The average molecular weight is 242 g/mol. The van der Waals surface area contributed by atoms with Crippen LogP contribution in [0.1, 0.15) is 6.92 Å². The van der Waals surface area contributed by atoms with Crippen LogP contribution in [0.3, 0.4) is 0 Å². The Hall–Kier alpha value is -1.36. The first-order valence-electron chi connectivity index (χ1n) is 4.85. The lowest BCUT2D eigenvalue weighted by Gasteiger charge is -2.04. The number of hydrogen-bond acceptors (Lipinski definition) is 4. The van der Waals surface area contributed by atoms with Crippen LogP contribution in [0, 0.1) is 0 Å². The molecule has 1 atom stereocenters. The number of esters is 1. The predicted octanol–water partition coefficient (Wildman–Crippen LogP) is 1.37. The van der Waals surface area contributed by atoms with Gasteiger partial charge in [-0.15, -0.1) is 0 Å². The van der Waals surface area contributed by atoms with E-state index in [1.165, 1.54) is 7.11 Å². The predicted molar refractivity (Wildman–Crippen MR) is 60.9 cm³/mol. The molecule has 0 fully saturated rings. The minimum atomic E-state index is -1.38. The van der Waals surface area contributed by atoms with E-state index in [9.17, 15) is 9.00 Å². The molecular formula is C11H14O4S. The van der Waals surface area contributed by atoms with Crippen LogP contribution in [0.25, 0.3) is 0 Å². The lowest BCUT2D eigenvalue weighted by Crippen LogP contribution is -2.14. The van der Waals surface area contributed by atoms with E-state index >= 15 is 0 Å². The zero-order valence-corrected chi connectivity index (χ0v) is 10.1. The molecule has 0 bridgehead atoms. The van der Waals surface area contributed by atoms with Crippen molar-refractivity contribution in [1.82, 2.24) is 0 Å². The highest BCUT2D eigenvalue weighted by atomic mass is 32.2. The van der Waals surface area contributed by atoms with E-state index in [-0.39, 0.29) is 5.75 Å². The summed E-state index contributed by atoms with van der Waals surface area (Å²) in [6.45, 7) is 2.01. The molecule has 1 aromatic carbocycles. The van der Waals surface area contributed by atoms with Crippen molar-refractivity contribution in [3.05, 3.63) is 24.3 Å². The van der Waals surface area contributed by atoms with Gasteiger partial charge in [-0.3, -0.25) is 9.00 Å². The van der Waals surface area contributed by atoms with E-state index in [4.69, 9.17) is 9.47 Å². The van der Waals surface area contributed by atoms with Crippen molar-refractivity contribution in [3.63, 3.8) is 0 Å². The summed E-state index contributed by atoms with van der Waals surface area (Å²) in [5.74, 6) is 0.0411. The van der Waals surface area contributed by atoms with Crippen LogP contribution in [-0.2, 0) is 20.3 Å². The van der Waals surface area contributed by atoms with Crippen LogP contribution in [0.2, 0.25) is 0 Å². The highest BCUT2D eigenvalue weighted by Crippen LogP contribution is 2.15. The fourth-order valence-electron chi connectivity index (χ4n) is 1.14. The molecule has 0 radical (unpaired) electrons. The fourth-order valence-corrected chi connectivity index (χ4v) is 2.08. The smallest absolute Gasteiger partial charge is 0.318 e. The maximum absolute atomic E-state index is 11.8. The van der Waals surface area contributed by atoms with Crippen molar-refractivity contribution < 1.29 is 18.5 Å². The molecule has 1 rings (SSSR count). The van der Waals surface area contributed by atoms with Crippen molar-refractivity contribution in [1.29, 1.82) is 0 Å². The molecule has 0 aromatic heterocycles. The first-order valence-corrected chi connectivity index (χ1v) is 6.17. The summed E-state index contributed by atoms with van der Waals surface area (Å²) in [5, 5.41) is 0. The van der Waals surface area contributed by atoms with Crippen molar-refractivity contribution >= 4 is 16.8 Å². The second-order valence-corrected chi connectivity index (χ2v) is 4.42. The van der Waals surface area contributed by atoms with Crippen LogP contribution < -0.4 is 4.74 Å². The van der Waals surface area contributed by atoms with Crippen molar-refractivity contribution in [2.24, 2.45) is 0 Å². The summed E-state index contributed by atoms with van der Waals surface area (Å²) in [6, 6.07) is 6.83. The van der Waals surface area contributed by atoms with Gasteiger partial charge < -0.3 is 9.47 Å². The highest BCUT2D eigenvalue weighted by Gasteiger charge is 2.11. The van der Waals surface area contributed by atoms with Gasteiger partial charge in [0.25, 0.3) is 0 Å². The maximum Gasteiger partial charge on any atom is 0.318 e. The second kappa shape index (κ2) is 6.27. The molecule has 0 aliphatic heterocycles. The van der Waals surface area contributed by atoms with Gasteiger partial charge in [-0.25, -0.2) is 0 Å². The summed E-state index contributed by atoms with van der Waals surface area (Å²) in [7, 11) is 0.154. The molecule has 0 spiro atoms. The third-order valence-corrected chi connectivity index (χ3v) is 3.14.